The van der Waals surface area contributed by atoms with Gasteiger partial charge in [-0.25, -0.2) is 0 Å². The summed E-state index contributed by atoms with van der Waals surface area (Å²) in [5.74, 6) is 0.789. The predicted octanol–water partition coefficient (Wildman–Crippen LogP) is 4.43. The SMILES string of the molecule is CC1CCCC(OCC(N)c2cccc3ccccc23)C1. The maximum absolute atomic E-state index is 6.39. The molecular weight excluding hydrogens is 258 g/mol. The summed E-state index contributed by atoms with van der Waals surface area (Å²) >= 11 is 0. The highest BCUT2D eigenvalue weighted by Gasteiger charge is 2.20. The van der Waals surface area contributed by atoms with Gasteiger partial charge in [-0.05, 0) is 35.1 Å². The Kier molecular flexibility index (Phi) is 4.57. The van der Waals surface area contributed by atoms with Gasteiger partial charge in [0.1, 0.15) is 0 Å². The third-order valence-electron chi connectivity index (χ3n) is 4.62. The average Bonchev–Trinajstić information content (AvgIpc) is 2.52. The fourth-order valence-electron chi connectivity index (χ4n) is 3.43. The van der Waals surface area contributed by atoms with Crippen molar-refractivity contribution in [1.82, 2.24) is 0 Å². The summed E-state index contributed by atoms with van der Waals surface area (Å²) in [6.45, 7) is 2.94. The molecule has 0 radical (unpaired) electrons. The van der Waals surface area contributed by atoms with E-state index in [1.54, 1.807) is 0 Å². The largest absolute Gasteiger partial charge is 0.376 e. The van der Waals surface area contributed by atoms with Crippen LogP contribution in [0, 0.1) is 5.92 Å². The van der Waals surface area contributed by atoms with Crippen LogP contribution in [0.15, 0.2) is 42.5 Å². The van der Waals surface area contributed by atoms with Gasteiger partial charge in [-0.3, -0.25) is 0 Å². The molecule has 0 aromatic heterocycles. The summed E-state index contributed by atoms with van der Waals surface area (Å²) in [6, 6.07) is 14.7. The lowest BCUT2D eigenvalue weighted by atomic mass is 9.88. The van der Waals surface area contributed by atoms with E-state index in [1.165, 1.54) is 42.0 Å². The maximum Gasteiger partial charge on any atom is 0.0663 e. The van der Waals surface area contributed by atoms with E-state index >= 15 is 0 Å². The molecule has 1 aliphatic carbocycles. The number of hydrogen-bond donors (Lipinski definition) is 1. The number of hydrogen-bond acceptors (Lipinski definition) is 2. The smallest absolute Gasteiger partial charge is 0.0663 e. The van der Waals surface area contributed by atoms with E-state index in [2.05, 4.69) is 49.4 Å². The summed E-state index contributed by atoms with van der Waals surface area (Å²) in [6.07, 6.45) is 5.40. The molecule has 2 aromatic carbocycles. The van der Waals surface area contributed by atoms with Crippen LogP contribution in [0.2, 0.25) is 0 Å². The quantitative estimate of drug-likeness (QED) is 0.900. The molecule has 0 heterocycles. The zero-order valence-electron chi connectivity index (χ0n) is 12.8. The van der Waals surface area contributed by atoms with Crippen molar-refractivity contribution in [2.45, 2.75) is 44.8 Å². The second-order valence-corrected chi connectivity index (χ2v) is 6.40. The van der Waals surface area contributed by atoms with E-state index in [0.717, 1.165) is 5.92 Å². The van der Waals surface area contributed by atoms with E-state index < -0.39 is 0 Å². The Hall–Kier alpha value is -1.38. The van der Waals surface area contributed by atoms with Gasteiger partial charge in [-0.1, -0.05) is 62.2 Å². The number of benzene rings is 2. The van der Waals surface area contributed by atoms with Crippen LogP contribution in [0.25, 0.3) is 10.8 Å². The maximum atomic E-state index is 6.39. The van der Waals surface area contributed by atoms with Gasteiger partial charge in [0.15, 0.2) is 0 Å². The van der Waals surface area contributed by atoms with Gasteiger partial charge in [-0.2, -0.15) is 0 Å². The van der Waals surface area contributed by atoms with Gasteiger partial charge < -0.3 is 10.5 Å². The summed E-state index contributed by atoms with van der Waals surface area (Å²) in [5, 5.41) is 2.49. The van der Waals surface area contributed by atoms with Gasteiger partial charge in [0.2, 0.25) is 0 Å². The highest BCUT2D eigenvalue weighted by molar-refractivity contribution is 5.86. The van der Waals surface area contributed by atoms with Crippen molar-refractivity contribution in [3.05, 3.63) is 48.0 Å². The first-order chi connectivity index (χ1) is 10.2. The molecule has 2 nitrogen and oxygen atoms in total. The number of rotatable bonds is 4. The van der Waals surface area contributed by atoms with Crippen molar-refractivity contribution in [3.8, 4) is 0 Å². The number of fused-ring (bicyclic) bond motifs is 1. The Morgan fingerprint density at radius 2 is 1.95 bits per heavy atom. The van der Waals surface area contributed by atoms with E-state index in [0.29, 0.717) is 12.7 Å². The van der Waals surface area contributed by atoms with Crippen LogP contribution < -0.4 is 5.73 Å². The van der Waals surface area contributed by atoms with E-state index in [9.17, 15) is 0 Å². The fourth-order valence-corrected chi connectivity index (χ4v) is 3.43. The molecule has 21 heavy (non-hydrogen) atoms. The number of ether oxygens (including phenoxy) is 1. The summed E-state index contributed by atoms with van der Waals surface area (Å²) in [5.41, 5.74) is 7.58. The number of nitrogens with two attached hydrogens (primary N) is 1. The topological polar surface area (TPSA) is 35.2 Å². The Labute approximate surface area is 127 Å². The molecule has 2 aromatic rings. The Morgan fingerprint density at radius 1 is 1.14 bits per heavy atom. The highest BCUT2D eigenvalue weighted by atomic mass is 16.5. The minimum absolute atomic E-state index is 0.0478. The van der Waals surface area contributed by atoms with Gasteiger partial charge in [0.25, 0.3) is 0 Å². The zero-order chi connectivity index (χ0) is 14.7. The zero-order valence-corrected chi connectivity index (χ0v) is 12.8. The van der Waals surface area contributed by atoms with Crippen molar-refractivity contribution in [2.75, 3.05) is 6.61 Å². The normalized spacial score (nSPS) is 24.1. The lowest BCUT2D eigenvalue weighted by molar-refractivity contribution is 0.00866. The molecule has 1 saturated carbocycles. The first-order valence-electron chi connectivity index (χ1n) is 8.09. The minimum Gasteiger partial charge on any atom is -0.376 e. The monoisotopic (exact) mass is 283 g/mol. The minimum atomic E-state index is -0.0478. The van der Waals surface area contributed by atoms with Crippen molar-refractivity contribution < 1.29 is 4.74 Å². The fraction of sp³-hybridized carbons (Fsp3) is 0.474. The van der Waals surface area contributed by atoms with Crippen LogP contribution in [-0.4, -0.2) is 12.7 Å². The van der Waals surface area contributed by atoms with Crippen LogP contribution >= 0.6 is 0 Å². The lowest BCUT2D eigenvalue weighted by Gasteiger charge is -2.28. The lowest BCUT2D eigenvalue weighted by Crippen LogP contribution is -2.26. The second kappa shape index (κ2) is 6.59. The Bertz CT molecular complexity index is 590. The van der Waals surface area contributed by atoms with E-state index in [-0.39, 0.29) is 6.04 Å². The molecule has 112 valence electrons. The summed E-state index contributed by atoms with van der Waals surface area (Å²) in [7, 11) is 0. The van der Waals surface area contributed by atoms with Crippen LogP contribution in [0.4, 0.5) is 0 Å². The third-order valence-corrected chi connectivity index (χ3v) is 4.62. The molecule has 0 bridgehead atoms. The molecule has 2 heteroatoms. The van der Waals surface area contributed by atoms with Crippen molar-refractivity contribution >= 4 is 10.8 Å². The van der Waals surface area contributed by atoms with Crippen molar-refractivity contribution in [3.63, 3.8) is 0 Å². The van der Waals surface area contributed by atoms with E-state index in [1.807, 2.05) is 0 Å². The van der Waals surface area contributed by atoms with Crippen LogP contribution in [0.5, 0.6) is 0 Å². The summed E-state index contributed by atoms with van der Waals surface area (Å²) < 4.78 is 6.09. The van der Waals surface area contributed by atoms with Crippen LogP contribution in [0.1, 0.15) is 44.2 Å². The molecule has 3 atom stereocenters. The van der Waals surface area contributed by atoms with Crippen LogP contribution in [-0.2, 0) is 4.74 Å². The van der Waals surface area contributed by atoms with Crippen molar-refractivity contribution in [2.24, 2.45) is 11.7 Å². The molecular formula is C19H25NO. The molecule has 3 unspecified atom stereocenters. The van der Waals surface area contributed by atoms with Crippen LogP contribution in [0.3, 0.4) is 0 Å². The van der Waals surface area contributed by atoms with Gasteiger partial charge >= 0.3 is 0 Å². The molecule has 0 saturated heterocycles. The Morgan fingerprint density at radius 3 is 2.81 bits per heavy atom. The van der Waals surface area contributed by atoms with Gasteiger partial charge in [-0.15, -0.1) is 0 Å². The van der Waals surface area contributed by atoms with Gasteiger partial charge in [0.05, 0.1) is 18.8 Å². The summed E-state index contributed by atoms with van der Waals surface area (Å²) in [4.78, 5) is 0. The Balaban J connectivity index is 1.68. The first-order valence-corrected chi connectivity index (χ1v) is 8.09. The molecule has 0 spiro atoms. The molecule has 0 amide bonds. The molecule has 2 N–H and O–H groups in total. The first kappa shape index (κ1) is 14.6. The predicted molar refractivity (Wildman–Crippen MR) is 88.2 cm³/mol. The van der Waals surface area contributed by atoms with Crippen molar-refractivity contribution in [1.29, 1.82) is 0 Å². The molecule has 1 aliphatic rings. The van der Waals surface area contributed by atoms with Gasteiger partial charge in [0, 0.05) is 0 Å². The third kappa shape index (κ3) is 3.45. The second-order valence-electron chi connectivity index (χ2n) is 6.40. The molecule has 3 rings (SSSR count). The van der Waals surface area contributed by atoms with E-state index in [4.69, 9.17) is 10.5 Å². The average molecular weight is 283 g/mol. The highest BCUT2D eigenvalue weighted by Crippen LogP contribution is 2.28. The molecule has 0 aliphatic heterocycles. The molecule has 1 fully saturated rings. The standard InChI is InChI=1S/C19H25NO/c1-14-6-4-9-16(12-14)21-13-19(20)18-11-5-8-15-7-2-3-10-17(15)18/h2-3,5,7-8,10-11,14,16,19H,4,6,9,12-13,20H2,1H3.